The molecule has 4 heteroatoms. The molecule has 1 N–H and O–H groups in total. The lowest BCUT2D eigenvalue weighted by Gasteiger charge is -1.92. The van der Waals surface area contributed by atoms with Crippen LogP contribution in [0, 0.1) is 0 Å². The zero-order chi connectivity index (χ0) is 11.4. The molecule has 80 valence electrons. The molecule has 0 amide bonds. The summed E-state index contributed by atoms with van der Waals surface area (Å²) in [6.45, 7) is 0. The molecule has 3 nitrogen and oxygen atoms in total. The number of hydrogen-bond donors (Lipinski definition) is 1. The van der Waals surface area contributed by atoms with Gasteiger partial charge in [-0.1, -0.05) is 30.3 Å². The standard InChI is InChI=1S/C12H9NO2S/c14-11(15)7-6-10-8-16-12(13-10)9-4-2-1-3-5-9/h1-8H,(H,14,15)/b7-6+. The number of aromatic nitrogens is 1. The number of aliphatic carboxylic acids is 1. The predicted molar refractivity (Wildman–Crippen MR) is 64.2 cm³/mol. The summed E-state index contributed by atoms with van der Waals surface area (Å²) in [6, 6.07) is 9.79. The van der Waals surface area contributed by atoms with Gasteiger partial charge in [0.1, 0.15) is 5.01 Å². The van der Waals surface area contributed by atoms with E-state index in [1.165, 1.54) is 17.4 Å². The summed E-state index contributed by atoms with van der Waals surface area (Å²) in [7, 11) is 0. The molecule has 0 saturated heterocycles. The number of thiazole rings is 1. The SMILES string of the molecule is O=C(O)/C=C/c1csc(-c2ccccc2)n1. The highest BCUT2D eigenvalue weighted by molar-refractivity contribution is 7.13. The van der Waals surface area contributed by atoms with Crippen molar-refractivity contribution < 1.29 is 9.90 Å². The largest absolute Gasteiger partial charge is 0.478 e. The molecule has 0 saturated carbocycles. The molecular weight excluding hydrogens is 222 g/mol. The molecule has 1 heterocycles. The van der Waals surface area contributed by atoms with Crippen LogP contribution in [0.3, 0.4) is 0 Å². The Hall–Kier alpha value is -1.94. The average Bonchev–Trinajstić information content (AvgIpc) is 2.76. The first kappa shape index (κ1) is 10.6. The average molecular weight is 231 g/mol. The molecule has 0 unspecified atom stereocenters. The summed E-state index contributed by atoms with van der Waals surface area (Å²) in [5, 5.41) is 11.2. The van der Waals surface area contributed by atoms with E-state index in [0.717, 1.165) is 16.6 Å². The maximum Gasteiger partial charge on any atom is 0.328 e. The number of rotatable bonds is 3. The zero-order valence-corrected chi connectivity index (χ0v) is 9.15. The highest BCUT2D eigenvalue weighted by Crippen LogP contribution is 2.23. The van der Waals surface area contributed by atoms with Gasteiger partial charge in [0.2, 0.25) is 0 Å². The minimum atomic E-state index is -0.964. The van der Waals surface area contributed by atoms with Crippen LogP contribution < -0.4 is 0 Å². The quantitative estimate of drug-likeness (QED) is 0.826. The highest BCUT2D eigenvalue weighted by Gasteiger charge is 2.01. The fraction of sp³-hybridized carbons (Fsp3) is 0. The van der Waals surface area contributed by atoms with E-state index in [0.29, 0.717) is 5.69 Å². The van der Waals surface area contributed by atoms with Crippen molar-refractivity contribution in [2.24, 2.45) is 0 Å². The van der Waals surface area contributed by atoms with Gasteiger partial charge < -0.3 is 5.11 Å². The Kier molecular flexibility index (Phi) is 3.12. The summed E-state index contributed by atoms with van der Waals surface area (Å²) >= 11 is 1.50. The second kappa shape index (κ2) is 4.72. The molecule has 0 aliphatic carbocycles. The van der Waals surface area contributed by atoms with Gasteiger partial charge in [-0.25, -0.2) is 9.78 Å². The Labute approximate surface area is 96.7 Å². The third-order valence-corrected chi connectivity index (χ3v) is 2.85. The van der Waals surface area contributed by atoms with Crippen molar-refractivity contribution in [2.75, 3.05) is 0 Å². The second-order valence-corrected chi connectivity index (χ2v) is 3.97. The molecule has 16 heavy (non-hydrogen) atoms. The lowest BCUT2D eigenvalue weighted by molar-refractivity contribution is -0.131. The van der Waals surface area contributed by atoms with Crippen LogP contribution in [-0.2, 0) is 4.79 Å². The van der Waals surface area contributed by atoms with E-state index in [4.69, 9.17) is 5.11 Å². The van der Waals surface area contributed by atoms with Gasteiger partial charge in [0, 0.05) is 17.0 Å². The van der Waals surface area contributed by atoms with Crippen LogP contribution in [0.1, 0.15) is 5.69 Å². The van der Waals surface area contributed by atoms with E-state index in [9.17, 15) is 4.79 Å². The fourth-order valence-corrected chi connectivity index (χ4v) is 2.03. The molecule has 2 aromatic rings. The van der Waals surface area contributed by atoms with Gasteiger partial charge in [-0.2, -0.15) is 0 Å². The first-order valence-corrected chi connectivity index (χ1v) is 5.55. The molecule has 2 rings (SSSR count). The van der Waals surface area contributed by atoms with Crippen LogP contribution in [0.15, 0.2) is 41.8 Å². The van der Waals surface area contributed by atoms with Gasteiger partial charge in [-0.05, 0) is 6.08 Å². The molecule has 0 atom stereocenters. The first-order chi connectivity index (χ1) is 7.75. The minimum absolute atomic E-state index is 0.672. The number of nitrogens with zero attached hydrogens (tertiary/aromatic N) is 1. The van der Waals surface area contributed by atoms with Crippen molar-refractivity contribution in [1.29, 1.82) is 0 Å². The summed E-state index contributed by atoms with van der Waals surface area (Å²) in [5.74, 6) is -0.964. The van der Waals surface area contributed by atoms with E-state index in [1.807, 2.05) is 35.7 Å². The molecule has 0 radical (unpaired) electrons. The Balaban J connectivity index is 2.23. The summed E-state index contributed by atoms with van der Waals surface area (Å²) < 4.78 is 0. The van der Waals surface area contributed by atoms with Crippen LogP contribution in [0.2, 0.25) is 0 Å². The first-order valence-electron chi connectivity index (χ1n) is 4.67. The van der Waals surface area contributed by atoms with Gasteiger partial charge in [-0.15, -0.1) is 11.3 Å². The number of hydrogen-bond acceptors (Lipinski definition) is 3. The number of benzene rings is 1. The molecule has 0 bridgehead atoms. The normalized spacial score (nSPS) is 10.8. The van der Waals surface area contributed by atoms with Crippen molar-refractivity contribution in [2.45, 2.75) is 0 Å². The molecule has 0 aliphatic rings. The van der Waals surface area contributed by atoms with E-state index < -0.39 is 5.97 Å². The van der Waals surface area contributed by atoms with Crippen LogP contribution in [-0.4, -0.2) is 16.1 Å². The van der Waals surface area contributed by atoms with Crippen molar-refractivity contribution in [3.8, 4) is 10.6 Å². The van der Waals surface area contributed by atoms with Crippen LogP contribution in [0.5, 0.6) is 0 Å². The topological polar surface area (TPSA) is 50.2 Å². The monoisotopic (exact) mass is 231 g/mol. The number of carboxylic acids is 1. The second-order valence-electron chi connectivity index (χ2n) is 3.12. The number of carbonyl (C=O) groups is 1. The lowest BCUT2D eigenvalue weighted by atomic mass is 10.2. The third kappa shape index (κ3) is 2.55. The molecular formula is C12H9NO2S. The summed E-state index contributed by atoms with van der Waals surface area (Å²) in [6.07, 6.45) is 2.58. The maximum atomic E-state index is 10.3. The molecule has 1 aromatic heterocycles. The van der Waals surface area contributed by atoms with Gasteiger partial charge in [0.25, 0.3) is 0 Å². The van der Waals surface area contributed by atoms with Crippen molar-refractivity contribution in [1.82, 2.24) is 4.98 Å². The lowest BCUT2D eigenvalue weighted by Crippen LogP contribution is -1.85. The molecule has 0 spiro atoms. The van der Waals surface area contributed by atoms with Crippen LogP contribution in [0.4, 0.5) is 0 Å². The van der Waals surface area contributed by atoms with Gasteiger partial charge >= 0.3 is 5.97 Å². The predicted octanol–water partition coefficient (Wildman–Crippen LogP) is 2.91. The van der Waals surface area contributed by atoms with Crippen molar-refractivity contribution in [3.63, 3.8) is 0 Å². The maximum absolute atomic E-state index is 10.3. The summed E-state index contributed by atoms with van der Waals surface area (Å²) in [4.78, 5) is 14.7. The summed E-state index contributed by atoms with van der Waals surface area (Å²) in [5.41, 5.74) is 1.72. The van der Waals surface area contributed by atoms with E-state index in [2.05, 4.69) is 4.98 Å². The van der Waals surface area contributed by atoms with Gasteiger partial charge in [0.15, 0.2) is 0 Å². The molecule has 1 aromatic carbocycles. The fourth-order valence-electron chi connectivity index (χ4n) is 1.23. The van der Waals surface area contributed by atoms with Crippen molar-refractivity contribution in [3.05, 3.63) is 47.5 Å². The third-order valence-electron chi connectivity index (χ3n) is 1.94. The Bertz CT molecular complexity index is 517. The van der Waals surface area contributed by atoms with Crippen LogP contribution in [0.25, 0.3) is 16.6 Å². The number of carboxylic acid groups (broad SMARTS) is 1. The van der Waals surface area contributed by atoms with E-state index >= 15 is 0 Å². The minimum Gasteiger partial charge on any atom is -0.478 e. The Morgan fingerprint density at radius 1 is 1.31 bits per heavy atom. The van der Waals surface area contributed by atoms with Gasteiger partial charge in [-0.3, -0.25) is 0 Å². The smallest absolute Gasteiger partial charge is 0.328 e. The highest BCUT2D eigenvalue weighted by atomic mass is 32.1. The molecule has 0 fully saturated rings. The van der Waals surface area contributed by atoms with E-state index in [1.54, 1.807) is 0 Å². The Morgan fingerprint density at radius 3 is 2.75 bits per heavy atom. The van der Waals surface area contributed by atoms with E-state index in [-0.39, 0.29) is 0 Å². The Morgan fingerprint density at radius 2 is 2.06 bits per heavy atom. The molecule has 0 aliphatic heterocycles. The van der Waals surface area contributed by atoms with Crippen LogP contribution >= 0.6 is 11.3 Å². The van der Waals surface area contributed by atoms with Gasteiger partial charge in [0.05, 0.1) is 5.69 Å². The zero-order valence-electron chi connectivity index (χ0n) is 8.33. The van der Waals surface area contributed by atoms with Crippen molar-refractivity contribution >= 4 is 23.4 Å².